The topological polar surface area (TPSA) is 64.3 Å². The van der Waals surface area contributed by atoms with E-state index >= 15 is 0 Å². The van der Waals surface area contributed by atoms with Crippen LogP contribution in [0.3, 0.4) is 0 Å². The van der Waals surface area contributed by atoms with Crippen LogP contribution in [0.2, 0.25) is 0 Å². The van der Waals surface area contributed by atoms with Crippen LogP contribution in [0.4, 0.5) is 4.39 Å². The van der Waals surface area contributed by atoms with Crippen LogP contribution in [-0.4, -0.2) is 25.2 Å². The number of nitrogens with one attached hydrogen (secondary N) is 1. The molecule has 1 rings (SSSR count). The van der Waals surface area contributed by atoms with Crippen molar-refractivity contribution in [1.82, 2.24) is 5.32 Å². The summed E-state index contributed by atoms with van der Waals surface area (Å²) in [4.78, 5) is 12.1. The molecule has 1 aromatic carbocycles. The minimum absolute atomic E-state index is 0.0851. The zero-order valence-corrected chi connectivity index (χ0v) is 12.6. The van der Waals surface area contributed by atoms with Crippen LogP contribution in [0.15, 0.2) is 18.2 Å². The second kappa shape index (κ2) is 7.77. The first-order chi connectivity index (χ1) is 9.96. The number of carbonyl (C=O) groups excluding carboxylic acids is 1. The molecule has 1 amide bonds. The van der Waals surface area contributed by atoms with Crippen molar-refractivity contribution < 1.29 is 13.9 Å². The van der Waals surface area contributed by atoms with Crippen LogP contribution >= 0.6 is 0 Å². The molecular formula is C16H21FN2O2. The minimum atomic E-state index is -0.909. The van der Waals surface area contributed by atoms with Gasteiger partial charge in [0.1, 0.15) is 11.4 Å². The van der Waals surface area contributed by atoms with Crippen molar-refractivity contribution in [2.75, 3.05) is 13.7 Å². The molecule has 0 aromatic heterocycles. The van der Waals surface area contributed by atoms with E-state index in [2.05, 4.69) is 17.2 Å². The van der Waals surface area contributed by atoms with E-state index in [0.29, 0.717) is 17.5 Å². The number of benzene rings is 1. The average Bonchev–Trinajstić information content (AvgIpc) is 2.51. The monoisotopic (exact) mass is 292 g/mol. The second-order valence-electron chi connectivity index (χ2n) is 4.78. The summed E-state index contributed by atoms with van der Waals surface area (Å²) in [5, 5.41) is 2.69. The smallest absolute Gasteiger partial charge is 0.252 e. The van der Waals surface area contributed by atoms with E-state index in [1.807, 2.05) is 6.92 Å². The molecule has 0 saturated heterocycles. The first-order valence-electron chi connectivity index (χ1n) is 6.77. The predicted octanol–water partition coefficient (Wildman–Crippen LogP) is 1.57. The molecule has 3 N–H and O–H groups in total. The first-order valence-corrected chi connectivity index (χ1v) is 6.77. The largest absolute Gasteiger partial charge is 0.369 e. The van der Waals surface area contributed by atoms with Gasteiger partial charge in [-0.1, -0.05) is 18.8 Å². The van der Waals surface area contributed by atoms with Gasteiger partial charge in [-0.25, -0.2) is 4.39 Å². The number of hydrogen-bond acceptors (Lipinski definition) is 3. The van der Waals surface area contributed by atoms with Gasteiger partial charge in [0.2, 0.25) is 0 Å². The Kier molecular flexibility index (Phi) is 6.35. The van der Waals surface area contributed by atoms with Crippen molar-refractivity contribution in [3.8, 4) is 11.8 Å². The zero-order chi connectivity index (χ0) is 15.9. The molecule has 0 bridgehead atoms. The van der Waals surface area contributed by atoms with E-state index in [0.717, 1.165) is 0 Å². The molecule has 1 atom stereocenters. The predicted molar refractivity (Wildman–Crippen MR) is 79.9 cm³/mol. The van der Waals surface area contributed by atoms with Crippen LogP contribution in [-0.2, 0) is 16.1 Å². The van der Waals surface area contributed by atoms with Gasteiger partial charge < -0.3 is 15.8 Å². The Hall–Kier alpha value is -1.90. The number of ether oxygens (including phenoxy) is 1. The van der Waals surface area contributed by atoms with Crippen molar-refractivity contribution in [1.29, 1.82) is 0 Å². The fraction of sp³-hybridized carbons (Fsp3) is 0.438. The summed E-state index contributed by atoms with van der Waals surface area (Å²) in [7, 11) is 1.48. The van der Waals surface area contributed by atoms with E-state index in [-0.39, 0.29) is 24.8 Å². The Bertz CT molecular complexity index is 557. The molecule has 4 nitrogen and oxygen atoms in total. The van der Waals surface area contributed by atoms with Crippen LogP contribution in [0.5, 0.6) is 0 Å². The fourth-order valence-electron chi connectivity index (χ4n) is 1.70. The van der Waals surface area contributed by atoms with E-state index in [1.54, 1.807) is 19.1 Å². The average molecular weight is 292 g/mol. The summed E-state index contributed by atoms with van der Waals surface area (Å²) in [6, 6.07) is 4.51. The Morgan fingerprint density at radius 3 is 2.81 bits per heavy atom. The lowest BCUT2D eigenvalue weighted by molar-refractivity contribution is -0.142. The van der Waals surface area contributed by atoms with Gasteiger partial charge in [0.05, 0.1) is 6.54 Å². The molecule has 0 aliphatic rings. The van der Waals surface area contributed by atoms with Crippen molar-refractivity contribution >= 4 is 5.91 Å². The highest BCUT2D eigenvalue weighted by Crippen LogP contribution is 2.15. The lowest BCUT2D eigenvalue weighted by Crippen LogP contribution is -2.45. The van der Waals surface area contributed by atoms with E-state index in [1.165, 1.54) is 13.2 Å². The lowest BCUT2D eigenvalue weighted by Gasteiger charge is -2.25. The number of hydrogen-bond donors (Lipinski definition) is 2. The number of carbonyl (C=O) groups is 1. The Balaban J connectivity index is 2.81. The Morgan fingerprint density at radius 1 is 1.52 bits per heavy atom. The number of amides is 1. The van der Waals surface area contributed by atoms with Crippen LogP contribution in [0.1, 0.15) is 31.4 Å². The van der Waals surface area contributed by atoms with Gasteiger partial charge in [-0.05, 0) is 31.5 Å². The van der Waals surface area contributed by atoms with E-state index < -0.39 is 5.60 Å². The van der Waals surface area contributed by atoms with Gasteiger partial charge in [-0.3, -0.25) is 4.79 Å². The fourth-order valence-corrected chi connectivity index (χ4v) is 1.70. The molecule has 5 heteroatoms. The Labute approximate surface area is 124 Å². The third-order valence-electron chi connectivity index (χ3n) is 3.43. The van der Waals surface area contributed by atoms with E-state index in [4.69, 9.17) is 10.5 Å². The van der Waals surface area contributed by atoms with Crippen LogP contribution < -0.4 is 11.1 Å². The van der Waals surface area contributed by atoms with Gasteiger partial charge in [-0.15, -0.1) is 0 Å². The summed E-state index contributed by atoms with van der Waals surface area (Å²) < 4.78 is 18.9. The maximum Gasteiger partial charge on any atom is 0.252 e. The SMILES string of the molecule is CCC(C)(OC)C(=O)NCc1cc(C#CCN)ccc1F. The molecule has 114 valence electrons. The number of halogens is 1. The zero-order valence-electron chi connectivity index (χ0n) is 12.6. The molecule has 0 aliphatic carbocycles. The van der Waals surface area contributed by atoms with Gasteiger partial charge in [0, 0.05) is 24.8 Å². The maximum absolute atomic E-state index is 13.7. The van der Waals surface area contributed by atoms with Crippen LogP contribution in [0.25, 0.3) is 0 Å². The summed E-state index contributed by atoms with van der Waals surface area (Å²) in [6.07, 6.45) is 0.528. The molecule has 0 radical (unpaired) electrons. The summed E-state index contributed by atoms with van der Waals surface area (Å²) >= 11 is 0. The van der Waals surface area contributed by atoms with Crippen molar-refractivity contribution in [2.24, 2.45) is 5.73 Å². The van der Waals surface area contributed by atoms with Gasteiger partial charge in [0.25, 0.3) is 5.91 Å². The van der Waals surface area contributed by atoms with Crippen molar-refractivity contribution in [3.05, 3.63) is 35.1 Å². The highest BCUT2D eigenvalue weighted by atomic mass is 19.1. The summed E-state index contributed by atoms with van der Waals surface area (Å²) in [6.45, 7) is 3.88. The highest BCUT2D eigenvalue weighted by Gasteiger charge is 2.30. The Morgan fingerprint density at radius 2 is 2.24 bits per heavy atom. The molecule has 0 fully saturated rings. The molecule has 1 unspecified atom stereocenters. The first kappa shape index (κ1) is 17.2. The quantitative estimate of drug-likeness (QED) is 0.810. The third-order valence-corrected chi connectivity index (χ3v) is 3.43. The second-order valence-corrected chi connectivity index (χ2v) is 4.78. The van der Waals surface area contributed by atoms with E-state index in [9.17, 15) is 9.18 Å². The molecule has 0 spiro atoms. The number of methoxy groups -OCH3 is 1. The molecule has 21 heavy (non-hydrogen) atoms. The third kappa shape index (κ3) is 4.55. The maximum atomic E-state index is 13.7. The van der Waals surface area contributed by atoms with Gasteiger partial charge in [-0.2, -0.15) is 0 Å². The van der Waals surface area contributed by atoms with Gasteiger partial charge >= 0.3 is 0 Å². The number of nitrogens with two attached hydrogens (primary N) is 1. The van der Waals surface area contributed by atoms with Crippen molar-refractivity contribution in [3.63, 3.8) is 0 Å². The molecule has 0 aliphatic heterocycles. The molecular weight excluding hydrogens is 271 g/mol. The van der Waals surface area contributed by atoms with Crippen LogP contribution in [0, 0.1) is 17.7 Å². The standard InChI is InChI=1S/C16H21FN2O2/c1-4-16(2,21-3)15(20)19-11-13-10-12(6-5-9-18)7-8-14(13)17/h7-8,10H,4,9,11,18H2,1-3H3,(H,19,20). The molecule has 1 aromatic rings. The van der Waals surface area contributed by atoms with Gasteiger partial charge in [0.15, 0.2) is 0 Å². The number of rotatable bonds is 5. The summed E-state index contributed by atoms with van der Waals surface area (Å²) in [5.41, 5.74) is 5.43. The normalized spacial score (nSPS) is 13.0. The minimum Gasteiger partial charge on any atom is -0.369 e. The molecule has 0 saturated carbocycles. The van der Waals surface area contributed by atoms with Crippen molar-refractivity contribution in [2.45, 2.75) is 32.4 Å². The highest BCUT2D eigenvalue weighted by molar-refractivity contribution is 5.84. The molecule has 0 heterocycles. The summed E-state index contributed by atoms with van der Waals surface area (Å²) in [5.74, 6) is 4.88. The lowest BCUT2D eigenvalue weighted by atomic mass is 10.0.